The number of hydrogen-bond acceptors (Lipinski definition) is 14. The monoisotopic (exact) mass is 688 g/mol. The first-order valence-corrected chi connectivity index (χ1v) is 16.1. The Labute approximate surface area is 284 Å². The number of fused-ring (bicyclic) bond motifs is 4. The number of benzene rings is 1. The van der Waals surface area contributed by atoms with E-state index in [9.17, 15) is 38.7 Å². The largest absolute Gasteiger partial charge is 0.462 e. The van der Waals surface area contributed by atoms with Gasteiger partial charge in [0.05, 0.1) is 17.4 Å². The lowest BCUT2D eigenvalue weighted by Gasteiger charge is -2.48. The number of ether oxygens (including phenoxy) is 6. The van der Waals surface area contributed by atoms with Crippen molar-refractivity contribution < 1.29 is 67.1 Å². The van der Waals surface area contributed by atoms with Gasteiger partial charge < -0.3 is 33.5 Å². The minimum atomic E-state index is -2.67. The van der Waals surface area contributed by atoms with Crippen LogP contribution in [0.2, 0.25) is 0 Å². The Morgan fingerprint density at radius 2 is 1.31 bits per heavy atom. The van der Waals surface area contributed by atoms with E-state index in [1.807, 2.05) is 0 Å². The second kappa shape index (κ2) is 13.6. The van der Waals surface area contributed by atoms with Crippen LogP contribution in [-0.4, -0.2) is 88.4 Å². The molecule has 0 spiro atoms. The molecule has 1 aliphatic carbocycles. The third kappa shape index (κ3) is 6.60. The van der Waals surface area contributed by atoms with Gasteiger partial charge >= 0.3 is 29.8 Å². The maximum atomic E-state index is 15.0. The molecule has 11 atom stereocenters. The van der Waals surface area contributed by atoms with E-state index < -0.39 is 112 Å². The van der Waals surface area contributed by atoms with Crippen LogP contribution in [0.3, 0.4) is 0 Å². The number of esters is 5. The molecule has 268 valence electrons. The highest BCUT2D eigenvalue weighted by molar-refractivity contribution is 5.94. The van der Waals surface area contributed by atoms with Crippen molar-refractivity contribution in [1.29, 1.82) is 0 Å². The molecule has 2 saturated heterocycles. The lowest BCUT2D eigenvalue weighted by Crippen LogP contribution is -2.67. The van der Waals surface area contributed by atoms with E-state index in [0.29, 0.717) is 0 Å². The topological polar surface area (TPSA) is 195 Å². The Kier molecular flexibility index (Phi) is 10.5. The van der Waals surface area contributed by atoms with Crippen LogP contribution < -0.4 is 0 Å². The van der Waals surface area contributed by atoms with Crippen LogP contribution in [-0.2, 0) is 57.2 Å². The van der Waals surface area contributed by atoms with Gasteiger partial charge in [-0.1, -0.05) is 52.8 Å². The van der Waals surface area contributed by atoms with Gasteiger partial charge in [0.25, 0.3) is 0 Å². The summed E-state index contributed by atoms with van der Waals surface area (Å²) in [6, 6.07) is 7.79. The maximum Gasteiger partial charge on any atom is 0.338 e. The highest BCUT2D eigenvalue weighted by Gasteiger charge is 2.77. The molecule has 0 aromatic heterocycles. The predicted octanol–water partition coefficient (Wildman–Crippen LogP) is 2.50. The minimum Gasteiger partial charge on any atom is -0.462 e. The predicted molar refractivity (Wildman–Crippen MR) is 166 cm³/mol. The fourth-order valence-electron chi connectivity index (χ4n) is 7.69. The van der Waals surface area contributed by atoms with Crippen molar-refractivity contribution >= 4 is 41.4 Å². The highest BCUT2D eigenvalue weighted by Crippen LogP contribution is 2.59. The van der Waals surface area contributed by atoms with Crippen LogP contribution in [0, 0.1) is 29.1 Å². The summed E-state index contributed by atoms with van der Waals surface area (Å²) in [5.74, 6) is -14.0. The zero-order valence-electron chi connectivity index (χ0n) is 29.0. The Balaban J connectivity index is 2.10. The number of carbonyl (C=O) groups excluding carboxylic acids is 7. The van der Waals surface area contributed by atoms with Gasteiger partial charge in [0.1, 0.15) is 18.3 Å². The summed E-state index contributed by atoms with van der Waals surface area (Å²) in [4.78, 5) is 93.6. The van der Waals surface area contributed by atoms with E-state index in [1.165, 1.54) is 19.1 Å². The molecule has 49 heavy (non-hydrogen) atoms. The average Bonchev–Trinajstić information content (AvgIpc) is 3.42. The Hall–Kier alpha value is -4.17. The molecule has 4 rings (SSSR count). The molecule has 14 nitrogen and oxygen atoms in total. The summed E-state index contributed by atoms with van der Waals surface area (Å²) in [6.07, 6.45) is -8.85. The van der Waals surface area contributed by atoms with Crippen molar-refractivity contribution in [2.45, 2.75) is 111 Å². The number of ketones is 2. The quantitative estimate of drug-likeness (QED) is 0.338. The lowest BCUT2D eigenvalue weighted by molar-refractivity contribution is -0.332. The van der Waals surface area contributed by atoms with Gasteiger partial charge in [-0.25, -0.2) is 4.79 Å². The molecular formula is C35H44O14. The van der Waals surface area contributed by atoms with Gasteiger partial charge in [0.2, 0.25) is 17.7 Å². The van der Waals surface area contributed by atoms with Gasteiger partial charge in [0.15, 0.2) is 17.5 Å². The van der Waals surface area contributed by atoms with Gasteiger partial charge in [-0.3, -0.25) is 28.8 Å². The van der Waals surface area contributed by atoms with Crippen LogP contribution in [0.25, 0.3) is 0 Å². The first-order valence-electron chi connectivity index (χ1n) is 16.1. The Bertz CT molecular complexity index is 1520. The third-order valence-corrected chi connectivity index (χ3v) is 10.2. The molecule has 1 N–H and O–H groups in total. The summed E-state index contributed by atoms with van der Waals surface area (Å²) < 4.78 is 35.2. The molecular weight excluding hydrogens is 644 g/mol. The first kappa shape index (κ1) is 37.6. The van der Waals surface area contributed by atoms with Gasteiger partial charge in [-0.2, -0.15) is 0 Å². The molecule has 2 bridgehead atoms. The normalized spacial score (nSPS) is 36.8. The number of aliphatic hydroxyl groups is 1. The van der Waals surface area contributed by atoms with Crippen molar-refractivity contribution in [3.8, 4) is 0 Å². The summed E-state index contributed by atoms with van der Waals surface area (Å²) in [5.41, 5.74) is -3.64. The SMILES string of the molecule is CC(=O)O[C@@H]1[C@@H]2[C@@H](OC(C)=O)C(=O)[C@@H](OC(C)=O)[C@@H](OC(=O)c3ccccc3)[C@@H](C)C(C)(C)[C@H]3O[C@](O)([C@H](C)C3=O)[C@@]2(OC(C)=O)C[C@@H]1C. The molecule has 1 aromatic rings. The molecule has 3 aliphatic rings. The second-order valence-electron chi connectivity index (χ2n) is 13.9. The van der Waals surface area contributed by atoms with E-state index in [0.717, 1.165) is 27.7 Å². The van der Waals surface area contributed by atoms with E-state index in [2.05, 4.69) is 0 Å². The highest BCUT2D eigenvalue weighted by atomic mass is 16.7. The van der Waals surface area contributed by atoms with Crippen molar-refractivity contribution in [2.75, 3.05) is 0 Å². The van der Waals surface area contributed by atoms with Crippen LogP contribution in [0.4, 0.5) is 0 Å². The van der Waals surface area contributed by atoms with Crippen molar-refractivity contribution in [3.05, 3.63) is 35.9 Å². The molecule has 2 heterocycles. The zero-order valence-corrected chi connectivity index (χ0v) is 29.0. The summed E-state index contributed by atoms with van der Waals surface area (Å²) >= 11 is 0. The van der Waals surface area contributed by atoms with E-state index in [4.69, 9.17) is 28.4 Å². The summed E-state index contributed by atoms with van der Waals surface area (Å²) in [5, 5.41) is 12.7. The minimum absolute atomic E-state index is 0.0944. The first-order chi connectivity index (χ1) is 22.7. The van der Waals surface area contributed by atoms with Gasteiger partial charge in [-0.15, -0.1) is 0 Å². The van der Waals surface area contributed by atoms with Crippen LogP contribution in [0.15, 0.2) is 30.3 Å². The van der Waals surface area contributed by atoms with E-state index in [1.54, 1.807) is 45.9 Å². The fourth-order valence-corrected chi connectivity index (χ4v) is 7.69. The Morgan fingerprint density at radius 1 is 0.755 bits per heavy atom. The maximum absolute atomic E-state index is 15.0. The van der Waals surface area contributed by atoms with Gasteiger partial charge in [0, 0.05) is 39.0 Å². The fraction of sp³-hybridized carbons (Fsp3) is 0.629. The van der Waals surface area contributed by atoms with Crippen molar-refractivity contribution in [1.82, 2.24) is 0 Å². The molecule has 3 fully saturated rings. The summed E-state index contributed by atoms with van der Waals surface area (Å²) in [6.45, 7) is 11.9. The molecule has 1 aromatic carbocycles. The van der Waals surface area contributed by atoms with E-state index in [-0.39, 0.29) is 12.0 Å². The number of Topliss-reactive ketones (excluding diaryl/α,β-unsaturated/α-hetero) is 2. The van der Waals surface area contributed by atoms with Crippen LogP contribution >= 0.6 is 0 Å². The molecule has 0 amide bonds. The van der Waals surface area contributed by atoms with Crippen molar-refractivity contribution in [2.24, 2.45) is 29.1 Å². The molecule has 14 heteroatoms. The molecule has 0 unspecified atom stereocenters. The third-order valence-electron chi connectivity index (χ3n) is 10.2. The van der Waals surface area contributed by atoms with Crippen LogP contribution in [0.1, 0.15) is 79.1 Å². The number of rotatable bonds is 6. The smallest absolute Gasteiger partial charge is 0.338 e. The zero-order chi connectivity index (χ0) is 36.8. The average molecular weight is 689 g/mol. The van der Waals surface area contributed by atoms with E-state index >= 15 is 0 Å². The number of carbonyl (C=O) groups is 7. The van der Waals surface area contributed by atoms with Crippen molar-refractivity contribution in [3.63, 3.8) is 0 Å². The standard InChI is InChI=1S/C35H44O14/c1-16-15-34(48-22(7)39)24(27(16)44-19(4)36)29(45-20(5)37)26(41)30(46-21(6)38)28(47-32(42)23-13-11-10-12-14-23)18(3)33(8,9)31-25(40)17(2)35(34,43)49-31/h10-14,16-18,24,27-31,43H,15H2,1-9H3/t16-,17+,18+,24+,27-,28-,29+,30+,31-,34+,35+/m0/s1. The summed E-state index contributed by atoms with van der Waals surface area (Å²) in [7, 11) is 0. The lowest BCUT2D eigenvalue weighted by atomic mass is 9.67. The second-order valence-corrected chi connectivity index (χ2v) is 13.9. The molecule has 1 saturated carbocycles. The molecule has 2 aliphatic heterocycles. The number of hydrogen-bond donors (Lipinski definition) is 1. The van der Waals surface area contributed by atoms with Gasteiger partial charge in [-0.05, 0) is 24.5 Å². The molecule has 0 radical (unpaired) electrons. The van der Waals surface area contributed by atoms with Crippen LogP contribution in [0.5, 0.6) is 0 Å². The Morgan fingerprint density at radius 3 is 1.84 bits per heavy atom.